The van der Waals surface area contributed by atoms with E-state index in [-0.39, 0.29) is 0 Å². The minimum Gasteiger partial charge on any atom is -0.369 e. The molecule has 21 heavy (non-hydrogen) atoms. The summed E-state index contributed by atoms with van der Waals surface area (Å²) < 4.78 is 0. The van der Waals surface area contributed by atoms with Crippen LogP contribution in [0.5, 0.6) is 0 Å². The second kappa shape index (κ2) is 6.82. The highest BCUT2D eigenvalue weighted by Crippen LogP contribution is 2.26. The molecule has 0 saturated carbocycles. The zero-order chi connectivity index (χ0) is 14.5. The Balaban J connectivity index is 1.74. The molecule has 0 fully saturated rings. The van der Waals surface area contributed by atoms with Crippen LogP contribution in [0.4, 0.5) is 11.8 Å². The van der Waals surface area contributed by atoms with Crippen molar-refractivity contribution in [3.63, 3.8) is 0 Å². The molecular formula is C14H17N5S2. The minimum atomic E-state index is 0.697. The fourth-order valence-corrected chi connectivity index (χ4v) is 3.33. The van der Waals surface area contributed by atoms with Crippen LogP contribution in [0.3, 0.4) is 0 Å². The number of hydrogen-bond acceptors (Lipinski definition) is 7. The molecular weight excluding hydrogens is 302 g/mol. The van der Waals surface area contributed by atoms with Gasteiger partial charge in [0.2, 0.25) is 5.95 Å². The summed E-state index contributed by atoms with van der Waals surface area (Å²) in [6.07, 6.45) is 1.95. The topological polar surface area (TPSA) is 62.7 Å². The van der Waals surface area contributed by atoms with Crippen LogP contribution in [0.15, 0.2) is 22.3 Å². The molecule has 0 spiro atoms. The maximum atomic E-state index is 4.59. The zero-order valence-corrected chi connectivity index (χ0v) is 13.4. The Labute approximate surface area is 131 Å². The third-order valence-corrected chi connectivity index (χ3v) is 4.46. The lowest BCUT2D eigenvalue weighted by atomic mass is 10.3. The van der Waals surface area contributed by atoms with Crippen molar-refractivity contribution < 1.29 is 0 Å². The number of nitrogens with one attached hydrogen (secondary N) is 2. The first-order chi connectivity index (χ1) is 10.4. The Bertz CT molecular complexity index is 693. The van der Waals surface area contributed by atoms with E-state index in [9.17, 15) is 0 Å². The molecule has 0 atom stereocenters. The smallest absolute Gasteiger partial charge is 0.226 e. The first-order valence-electron chi connectivity index (χ1n) is 6.97. The predicted octanol–water partition coefficient (Wildman–Crippen LogP) is 3.62. The van der Waals surface area contributed by atoms with E-state index in [1.807, 2.05) is 5.51 Å². The Morgan fingerprint density at radius 2 is 2.14 bits per heavy atom. The number of thiophene rings is 1. The highest BCUT2D eigenvalue weighted by Gasteiger charge is 2.08. The predicted molar refractivity (Wildman–Crippen MR) is 90.5 cm³/mol. The van der Waals surface area contributed by atoms with Crippen LogP contribution in [-0.4, -0.2) is 28.0 Å². The average Bonchev–Trinajstić information content (AvgIpc) is 3.15. The molecule has 0 aromatic carbocycles. The van der Waals surface area contributed by atoms with Crippen LogP contribution < -0.4 is 10.6 Å². The Morgan fingerprint density at radius 1 is 1.19 bits per heavy atom. The van der Waals surface area contributed by atoms with Crippen LogP contribution in [-0.2, 0) is 6.42 Å². The maximum Gasteiger partial charge on any atom is 0.226 e. The number of aromatic nitrogens is 3. The third-order valence-electron chi connectivity index (χ3n) is 3.02. The second-order valence-electron chi connectivity index (χ2n) is 4.62. The molecule has 0 radical (unpaired) electrons. The highest BCUT2D eigenvalue weighted by molar-refractivity contribution is 7.16. The first kappa shape index (κ1) is 14.2. The summed E-state index contributed by atoms with van der Waals surface area (Å²) in [4.78, 5) is 14.4. The van der Waals surface area contributed by atoms with Crippen molar-refractivity contribution >= 4 is 44.7 Å². The number of fused-ring (bicyclic) bond motifs is 1. The maximum absolute atomic E-state index is 4.59. The van der Waals surface area contributed by atoms with Gasteiger partial charge in [-0.1, -0.05) is 6.92 Å². The van der Waals surface area contributed by atoms with E-state index in [1.54, 1.807) is 22.7 Å². The van der Waals surface area contributed by atoms with Gasteiger partial charge in [0.25, 0.3) is 0 Å². The van der Waals surface area contributed by atoms with Crippen LogP contribution >= 0.6 is 22.7 Å². The van der Waals surface area contributed by atoms with Gasteiger partial charge in [0, 0.05) is 24.9 Å². The fraction of sp³-hybridized carbons (Fsp3) is 0.357. The average molecular weight is 319 g/mol. The van der Waals surface area contributed by atoms with Gasteiger partial charge in [0.05, 0.1) is 16.6 Å². The van der Waals surface area contributed by atoms with E-state index in [0.29, 0.717) is 5.95 Å². The molecule has 7 heteroatoms. The van der Waals surface area contributed by atoms with E-state index < -0.39 is 0 Å². The monoisotopic (exact) mass is 319 g/mol. The summed E-state index contributed by atoms with van der Waals surface area (Å²) in [6.45, 7) is 3.83. The lowest BCUT2D eigenvalue weighted by Crippen LogP contribution is -2.10. The molecule has 5 nitrogen and oxygen atoms in total. The lowest BCUT2D eigenvalue weighted by Gasteiger charge is -2.09. The van der Waals surface area contributed by atoms with Gasteiger partial charge in [-0.2, -0.15) is 4.98 Å². The van der Waals surface area contributed by atoms with E-state index >= 15 is 0 Å². The quantitative estimate of drug-likeness (QED) is 0.696. The summed E-state index contributed by atoms with van der Waals surface area (Å²) in [7, 11) is 0. The van der Waals surface area contributed by atoms with Crippen molar-refractivity contribution in [3.05, 3.63) is 28.0 Å². The third kappa shape index (κ3) is 3.48. The largest absolute Gasteiger partial charge is 0.369 e. The van der Waals surface area contributed by atoms with E-state index in [4.69, 9.17) is 0 Å². The molecule has 0 unspecified atom stereocenters. The molecule has 3 aromatic rings. The molecule has 0 amide bonds. The normalized spacial score (nSPS) is 10.9. The zero-order valence-electron chi connectivity index (χ0n) is 11.8. The Hall–Kier alpha value is -1.73. The van der Waals surface area contributed by atoms with Gasteiger partial charge in [0.15, 0.2) is 0 Å². The van der Waals surface area contributed by atoms with Crippen molar-refractivity contribution in [2.24, 2.45) is 0 Å². The molecule has 2 N–H and O–H groups in total. The highest BCUT2D eigenvalue weighted by atomic mass is 32.1. The molecule has 3 aromatic heterocycles. The number of anilines is 2. The number of nitrogens with zero attached hydrogens (tertiary/aromatic N) is 3. The summed E-state index contributed by atoms with van der Waals surface area (Å²) in [5, 5.41) is 11.9. The fourth-order valence-electron chi connectivity index (χ4n) is 1.98. The van der Waals surface area contributed by atoms with E-state index in [2.05, 4.69) is 49.3 Å². The summed E-state index contributed by atoms with van der Waals surface area (Å²) in [6, 6.07) is 2.06. The molecule has 0 saturated heterocycles. The molecule has 0 aliphatic carbocycles. The molecule has 0 aliphatic heterocycles. The van der Waals surface area contributed by atoms with Crippen LogP contribution in [0.2, 0.25) is 0 Å². The van der Waals surface area contributed by atoms with E-state index in [1.165, 1.54) is 0 Å². The number of rotatable bonds is 7. The molecule has 3 heterocycles. The first-order valence-corrected chi connectivity index (χ1v) is 8.79. The standard InChI is InChI=1S/C14H17N5S2/c1-2-5-16-14-18-12(11-4-7-21-13(11)19-14)15-6-3-10-8-20-9-17-10/h4,7-9H,2-3,5-6H2,1H3,(H2,15,16,18,19). The van der Waals surface area contributed by atoms with Crippen molar-refractivity contribution in [1.82, 2.24) is 15.0 Å². The van der Waals surface area contributed by atoms with Gasteiger partial charge in [0.1, 0.15) is 10.6 Å². The SMILES string of the molecule is CCCNc1nc(NCCc2cscn2)c2ccsc2n1. The number of thiazole rings is 1. The summed E-state index contributed by atoms with van der Waals surface area (Å²) >= 11 is 3.27. The van der Waals surface area contributed by atoms with Crippen molar-refractivity contribution in [3.8, 4) is 0 Å². The van der Waals surface area contributed by atoms with Crippen molar-refractivity contribution in [2.45, 2.75) is 19.8 Å². The summed E-state index contributed by atoms with van der Waals surface area (Å²) in [5.74, 6) is 1.60. The van der Waals surface area contributed by atoms with Crippen molar-refractivity contribution in [1.29, 1.82) is 0 Å². The molecule has 0 aliphatic rings. The second-order valence-corrected chi connectivity index (χ2v) is 6.23. The lowest BCUT2D eigenvalue weighted by molar-refractivity contribution is 0.948. The van der Waals surface area contributed by atoms with Gasteiger partial charge in [-0.25, -0.2) is 9.97 Å². The van der Waals surface area contributed by atoms with Gasteiger partial charge in [-0.15, -0.1) is 22.7 Å². The van der Waals surface area contributed by atoms with E-state index in [0.717, 1.165) is 47.7 Å². The number of hydrogen-bond donors (Lipinski definition) is 2. The van der Waals surface area contributed by atoms with Gasteiger partial charge in [-0.05, 0) is 17.9 Å². The Kier molecular flexibility index (Phi) is 4.62. The summed E-state index contributed by atoms with van der Waals surface area (Å²) in [5.41, 5.74) is 2.98. The van der Waals surface area contributed by atoms with Crippen LogP contribution in [0.1, 0.15) is 19.0 Å². The molecule has 110 valence electrons. The van der Waals surface area contributed by atoms with Gasteiger partial charge in [-0.3, -0.25) is 0 Å². The van der Waals surface area contributed by atoms with Gasteiger partial charge >= 0.3 is 0 Å². The van der Waals surface area contributed by atoms with Crippen molar-refractivity contribution in [2.75, 3.05) is 23.7 Å². The molecule has 3 rings (SSSR count). The minimum absolute atomic E-state index is 0.697. The van der Waals surface area contributed by atoms with Gasteiger partial charge < -0.3 is 10.6 Å². The van der Waals surface area contributed by atoms with Crippen LogP contribution in [0, 0.1) is 0 Å². The molecule has 0 bridgehead atoms. The Morgan fingerprint density at radius 3 is 2.95 bits per heavy atom. The van der Waals surface area contributed by atoms with Crippen LogP contribution in [0.25, 0.3) is 10.2 Å².